The summed E-state index contributed by atoms with van der Waals surface area (Å²) in [6.07, 6.45) is -5.87. The molecule has 8 heteroatoms. The first-order valence-electron chi connectivity index (χ1n) is 7.04. The second-order valence-electron chi connectivity index (χ2n) is 5.56. The summed E-state index contributed by atoms with van der Waals surface area (Å²) in [5.41, 5.74) is -2.38. The first-order chi connectivity index (χ1) is 10.7. The zero-order valence-corrected chi connectivity index (χ0v) is 12.5. The Morgan fingerprint density at radius 3 is 2.48 bits per heavy atom. The monoisotopic (exact) mass is 335 g/mol. The van der Waals surface area contributed by atoms with Crippen molar-refractivity contribution in [1.82, 2.24) is 4.90 Å². The highest BCUT2D eigenvalue weighted by molar-refractivity contribution is 5.94. The van der Waals surface area contributed by atoms with Crippen molar-refractivity contribution in [2.24, 2.45) is 0 Å². The summed E-state index contributed by atoms with van der Waals surface area (Å²) >= 11 is 0. The van der Waals surface area contributed by atoms with Crippen LogP contribution in [0.1, 0.15) is 28.8 Å². The third kappa shape index (κ3) is 3.64. The molecule has 0 aliphatic carbocycles. The number of nitrogens with zero attached hydrogens (tertiary/aromatic N) is 1. The fourth-order valence-corrected chi connectivity index (χ4v) is 2.52. The minimum absolute atomic E-state index is 0.0131. The van der Waals surface area contributed by atoms with Crippen LogP contribution in [0.2, 0.25) is 0 Å². The van der Waals surface area contributed by atoms with Crippen LogP contribution in [0.15, 0.2) is 18.2 Å². The van der Waals surface area contributed by atoms with E-state index in [0.29, 0.717) is 0 Å². The van der Waals surface area contributed by atoms with Gasteiger partial charge in [-0.3, -0.25) is 4.79 Å². The lowest BCUT2D eigenvalue weighted by Gasteiger charge is -2.39. The number of alkyl halides is 3. The molecule has 1 aliphatic rings. The maximum Gasteiger partial charge on any atom is 0.417 e. The van der Waals surface area contributed by atoms with Gasteiger partial charge in [0.15, 0.2) is 5.60 Å². The maximum atomic E-state index is 13.5. The van der Waals surface area contributed by atoms with Gasteiger partial charge in [0, 0.05) is 44.2 Å². The molecule has 1 heterocycles. The number of benzene rings is 1. The second-order valence-corrected chi connectivity index (χ2v) is 5.56. The van der Waals surface area contributed by atoms with Crippen LogP contribution in [0.3, 0.4) is 0 Å². The largest absolute Gasteiger partial charge is 0.417 e. The van der Waals surface area contributed by atoms with Gasteiger partial charge in [0.05, 0.1) is 6.61 Å². The van der Waals surface area contributed by atoms with E-state index in [9.17, 15) is 27.5 Å². The van der Waals surface area contributed by atoms with E-state index in [1.54, 1.807) is 0 Å². The van der Waals surface area contributed by atoms with Gasteiger partial charge in [-0.05, 0) is 18.2 Å². The predicted octanol–water partition coefficient (Wildman–Crippen LogP) is 2.50. The highest BCUT2D eigenvalue weighted by atomic mass is 19.4. The summed E-state index contributed by atoms with van der Waals surface area (Å²) in [7, 11) is 1.39. The minimum Gasteiger partial charge on any atom is -0.380 e. The summed E-state index contributed by atoms with van der Waals surface area (Å²) in [6, 6.07) is 3.73. The maximum absolute atomic E-state index is 13.5. The zero-order chi connectivity index (χ0) is 17.3. The first kappa shape index (κ1) is 17.7. The van der Waals surface area contributed by atoms with Crippen LogP contribution in [-0.4, -0.2) is 47.9 Å². The summed E-state index contributed by atoms with van der Waals surface area (Å²) in [4.78, 5) is 13.6. The molecule has 0 spiro atoms. The molecule has 0 bridgehead atoms. The Morgan fingerprint density at radius 1 is 1.35 bits per heavy atom. The van der Waals surface area contributed by atoms with Crippen LogP contribution in [-0.2, 0) is 11.3 Å². The Labute approximate surface area is 130 Å². The molecule has 1 aromatic carbocycles. The molecule has 4 nitrogen and oxygen atoms in total. The second kappa shape index (κ2) is 6.45. The average molecular weight is 335 g/mol. The van der Waals surface area contributed by atoms with E-state index < -0.39 is 36.3 Å². The lowest BCUT2D eigenvalue weighted by Crippen LogP contribution is -2.54. The van der Waals surface area contributed by atoms with Crippen molar-refractivity contribution < 1.29 is 32.2 Å². The highest BCUT2D eigenvalue weighted by Crippen LogP contribution is 2.38. The number of hydrogen-bond acceptors (Lipinski definition) is 3. The molecule has 1 saturated heterocycles. The molecule has 2 rings (SSSR count). The quantitative estimate of drug-likeness (QED) is 0.864. The van der Waals surface area contributed by atoms with Gasteiger partial charge < -0.3 is 14.7 Å². The number of likely N-dealkylation sites (tertiary alicyclic amines) is 1. The summed E-state index contributed by atoms with van der Waals surface area (Å²) < 4.78 is 56.6. The number of aliphatic hydroxyl groups is 1. The molecule has 128 valence electrons. The summed E-state index contributed by atoms with van der Waals surface area (Å²) in [5.74, 6) is -1.01. The van der Waals surface area contributed by atoms with Crippen molar-refractivity contribution in [3.63, 3.8) is 0 Å². The number of amides is 1. The molecule has 1 amide bonds. The van der Waals surface area contributed by atoms with Gasteiger partial charge in [0.2, 0.25) is 0 Å². The Kier molecular flexibility index (Phi) is 4.95. The van der Waals surface area contributed by atoms with Crippen molar-refractivity contribution in [3.8, 4) is 0 Å². The number of hydrogen-bond donors (Lipinski definition) is 1. The molecule has 0 radical (unpaired) electrons. The number of ether oxygens (including phenoxy) is 1. The van der Waals surface area contributed by atoms with Crippen LogP contribution in [0.25, 0.3) is 0 Å². The molecule has 0 saturated carbocycles. The highest BCUT2D eigenvalue weighted by Gasteiger charge is 2.54. The third-order valence-corrected chi connectivity index (χ3v) is 4.00. The Morgan fingerprint density at radius 2 is 1.96 bits per heavy atom. The van der Waals surface area contributed by atoms with E-state index >= 15 is 0 Å². The average Bonchev–Trinajstić information content (AvgIpc) is 2.49. The molecular formula is C15H17F4NO3. The van der Waals surface area contributed by atoms with Crippen LogP contribution in [0.5, 0.6) is 0 Å². The fourth-order valence-electron chi connectivity index (χ4n) is 2.52. The standard InChI is InChI=1S/C15H17F4NO3/c1-23-9-11-8-10(2-3-12(11)16)13(21)20-6-4-14(22,5-7-20)15(17,18)19/h2-3,8,22H,4-7,9H2,1H3. The van der Waals surface area contributed by atoms with Crippen molar-refractivity contribution >= 4 is 5.91 Å². The van der Waals surface area contributed by atoms with Crippen molar-refractivity contribution in [3.05, 3.63) is 35.1 Å². The molecule has 0 atom stereocenters. The number of carbonyl (C=O) groups excluding carboxylic acids is 1. The minimum atomic E-state index is -4.72. The molecule has 1 aliphatic heterocycles. The Bertz CT molecular complexity index is 581. The van der Waals surface area contributed by atoms with Crippen LogP contribution < -0.4 is 0 Å². The van der Waals surface area contributed by atoms with Crippen LogP contribution in [0.4, 0.5) is 17.6 Å². The molecule has 1 aromatic rings. The van der Waals surface area contributed by atoms with E-state index in [-0.39, 0.29) is 30.8 Å². The topological polar surface area (TPSA) is 49.8 Å². The van der Waals surface area contributed by atoms with E-state index in [1.807, 2.05) is 0 Å². The van der Waals surface area contributed by atoms with Gasteiger partial charge in [-0.2, -0.15) is 13.2 Å². The number of piperidine rings is 1. The van der Waals surface area contributed by atoms with Gasteiger partial charge in [-0.25, -0.2) is 4.39 Å². The summed E-state index contributed by atoms with van der Waals surface area (Å²) in [5, 5.41) is 9.60. The normalized spacial score (nSPS) is 18.1. The van der Waals surface area contributed by atoms with Crippen molar-refractivity contribution in [2.45, 2.75) is 31.2 Å². The lowest BCUT2D eigenvalue weighted by molar-refractivity contribution is -0.271. The lowest BCUT2D eigenvalue weighted by atomic mass is 9.90. The molecule has 0 aromatic heterocycles. The Hall–Kier alpha value is -1.67. The number of carbonyl (C=O) groups is 1. The smallest absolute Gasteiger partial charge is 0.380 e. The van der Waals surface area contributed by atoms with E-state index in [4.69, 9.17) is 4.74 Å². The number of halogens is 4. The van der Waals surface area contributed by atoms with E-state index in [2.05, 4.69) is 0 Å². The molecule has 0 unspecified atom stereocenters. The SMILES string of the molecule is COCc1cc(C(=O)N2CCC(O)(C(F)(F)F)CC2)ccc1F. The molecule has 23 heavy (non-hydrogen) atoms. The molecular weight excluding hydrogens is 318 g/mol. The van der Waals surface area contributed by atoms with E-state index in [1.165, 1.54) is 24.1 Å². The van der Waals surface area contributed by atoms with Crippen LogP contribution in [0, 0.1) is 5.82 Å². The number of rotatable bonds is 3. The number of methoxy groups -OCH3 is 1. The first-order valence-corrected chi connectivity index (χ1v) is 7.04. The predicted molar refractivity (Wildman–Crippen MR) is 73.3 cm³/mol. The van der Waals surface area contributed by atoms with Gasteiger partial charge in [0.1, 0.15) is 5.82 Å². The van der Waals surface area contributed by atoms with Gasteiger partial charge in [-0.15, -0.1) is 0 Å². The summed E-state index contributed by atoms with van der Waals surface area (Å²) in [6.45, 7) is -0.446. The van der Waals surface area contributed by atoms with Gasteiger partial charge >= 0.3 is 6.18 Å². The fraction of sp³-hybridized carbons (Fsp3) is 0.533. The third-order valence-electron chi connectivity index (χ3n) is 4.00. The van der Waals surface area contributed by atoms with Gasteiger partial charge in [0.25, 0.3) is 5.91 Å². The van der Waals surface area contributed by atoms with Crippen molar-refractivity contribution in [2.75, 3.05) is 20.2 Å². The zero-order valence-electron chi connectivity index (χ0n) is 12.5. The Balaban J connectivity index is 2.10. The van der Waals surface area contributed by atoms with Crippen molar-refractivity contribution in [1.29, 1.82) is 0 Å². The molecule has 1 fully saturated rings. The molecule has 1 N–H and O–H groups in total. The van der Waals surface area contributed by atoms with Gasteiger partial charge in [-0.1, -0.05) is 0 Å². The van der Waals surface area contributed by atoms with E-state index in [0.717, 1.165) is 6.07 Å². The van der Waals surface area contributed by atoms with Crippen LogP contribution >= 0.6 is 0 Å².